The molecule has 5 heteroatoms. The Hall–Kier alpha value is -2.69. The summed E-state index contributed by atoms with van der Waals surface area (Å²) in [6, 6.07) is 11.4. The number of nitrogens with two attached hydrogens (primary N) is 1. The minimum atomic E-state index is -0.449. The van der Waals surface area contributed by atoms with Crippen molar-refractivity contribution in [3.8, 4) is 0 Å². The summed E-state index contributed by atoms with van der Waals surface area (Å²) in [5.74, 6) is -0.449. The smallest absolute Gasteiger partial charge is 0.408 e. The fourth-order valence-electron chi connectivity index (χ4n) is 2.23. The molecular weight excluding hydrogens is 254 g/mol. The Morgan fingerprint density at radius 1 is 1.20 bits per heavy atom. The summed E-state index contributed by atoms with van der Waals surface area (Å²) < 4.78 is 5.00. The molecule has 0 atom stereocenters. The molecule has 0 fully saturated rings. The first-order chi connectivity index (χ1) is 9.54. The number of hydrogen-bond acceptors (Lipinski definition) is 4. The molecule has 1 aromatic heterocycles. The molecule has 0 aliphatic rings. The van der Waals surface area contributed by atoms with Crippen LogP contribution < -0.4 is 16.4 Å². The number of oxazole rings is 1. The number of benzene rings is 2. The van der Waals surface area contributed by atoms with E-state index in [0.29, 0.717) is 16.8 Å². The molecule has 102 valence electrons. The van der Waals surface area contributed by atoms with Crippen LogP contribution in [0.4, 0.5) is 17.1 Å². The van der Waals surface area contributed by atoms with E-state index < -0.39 is 5.76 Å². The maximum absolute atomic E-state index is 11.2. The third-order valence-corrected chi connectivity index (χ3v) is 3.34. The van der Waals surface area contributed by atoms with Crippen molar-refractivity contribution in [3.63, 3.8) is 0 Å². The number of nitrogens with one attached hydrogen (secondary N) is 1. The monoisotopic (exact) mass is 269 g/mol. The minimum absolute atomic E-state index is 0.449. The highest BCUT2D eigenvalue weighted by molar-refractivity contribution is 5.82. The zero-order chi connectivity index (χ0) is 14.3. The van der Waals surface area contributed by atoms with E-state index in [1.54, 1.807) is 6.07 Å². The maximum atomic E-state index is 11.2. The Morgan fingerprint density at radius 3 is 2.80 bits per heavy atom. The van der Waals surface area contributed by atoms with Crippen LogP contribution in [0, 0.1) is 6.92 Å². The number of hydrogen-bond donors (Lipinski definition) is 2. The lowest BCUT2D eigenvalue weighted by Gasteiger charge is -2.21. The van der Waals surface area contributed by atoms with Crippen molar-refractivity contribution in [2.45, 2.75) is 6.92 Å². The maximum Gasteiger partial charge on any atom is 0.417 e. The van der Waals surface area contributed by atoms with E-state index in [0.717, 1.165) is 16.9 Å². The number of aromatic amines is 1. The zero-order valence-electron chi connectivity index (χ0n) is 11.3. The molecule has 0 unspecified atom stereocenters. The van der Waals surface area contributed by atoms with Gasteiger partial charge in [-0.15, -0.1) is 0 Å². The quantitative estimate of drug-likeness (QED) is 0.701. The van der Waals surface area contributed by atoms with Crippen molar-refractivity contribution < 1.29 is 4.42 Å². The van der Waals surface area contributed by atoms with E-state index in [2.05, 4.69) is 4.98 Å². The highest BCUT2D eigenvalue weighted by Crippen LogP contribution is 2.31. The van der Waals surface area contributed by atoms with Gasteiger partial charge in [-0.25, -0.2) is 4.79 Å². The number of nitrogen functional groups attached to an aromatic ring is 1. The van der Waals surface area contributed by atoms with Gasteiger partial charge >= 0.3 is 5.76 Å². The molecule has 3 rings (SSSR count). The topological polar surface area (TPSA) is 75.3 Å². The van der Waals surface area contributed by atoms with Crippen molar-refractivity contribution in [2.24, 2.45) is 0 Å². The molecule has 0 saturated heterocycles. The molecule has 0 aliphatic carbocycles. The molecule has 5 nitrogen and oxygen atoms in total. The van der Waals surface area contributed by atoms with Crippen LogP contribution in [0.2, 0.25) is 0 Å². The van der Waals surface area contributed by atoms with Gasteiger partial charge in [0.25, 0.3) is 0 Å². The first-order valence-corrected chi connectivity index (χ1v) is 6.27. The SMILES string of the molecule is Cc1ccc(N)c(N(C)c2ccc3oc(=O)[nH]c3c2)c1. The molecule has 3 N–H and O–H groups in total. The molecule has 0 bridgehead atoms. The summed E-state index contributed by atoms with van der Waals surface area (Å²) >= 11 is 0. The molecule has 0 aliphatic heterocycles. The Labute approximate surface area is 115 Å². The summed E-state index contributed by atoms with van der Waals surface area (Å²) in [5, 5.41) is 0. The van der Waals surface area contributed by atoms with Crippen molar-refractivity contribution in [2.75, 3.05) is 17.7 Å². The average Bonchev–Trinajstić information content (AvgIpc) is 2.79. The van der Waals surface area contributed by atoms with E-state index in [1.165, 1.54) is 0 Å². The minimum Gasteiger partial charge on any atom is -0.408 e. The van der Waals surface area contributed by atoms with Gasteiger partial charge in [-0.3, -0.25) is 4.98 Å². The standard InChI is InChI=1S/C15H15N3O2/c1-9-3-5-11(16)13(7-9)18(2)10-4-6-14-12(8-10)17-15(19)20-14/h3-8H,16H2,1-2H3,(H,17,19). The third-order valence-electron chi connectivity index (χ3n) is 3.34. The van der Waals surface area contributed by atoms with E-state index in [4.69, 9.17) is 10.2 Å². The summed E-state index contributed by atoms with van der Waals surface area (Å²) in [6.07, 6.45) is 0. The van der Waals surface area contributed by atoms with E-state index in [1.807, 2.05) is 49.2 Å². The van der Waals surface area contributed by atoms with E-state index in [-0.39, 0.29) is 0 Å². The highest BCUT2D eigenvalue weighted by Gasteiger charge is 2.10. The molecule has 2 aromatic carbocycles. The lowest BCUT2D eigenvalue weighted by Crippen LogP contribution is -2.11. The van der Waals surface area contributed by atoms with Crippen LogP contribution in [0.15, 0.2) is 45.6 Å². The molecule has 0 saturated carbocycles. The first kappa shape index (κ1) is 12.3. The van der Waals surface area contributed by atoms with Crippen LogP contribution in [0.5, 0.6) is 0 Å². The number of anilines is 3. The van der Waals surface area contributed by atoms with E-state index in [9.17, 15) is 4.79 Å². The Balaban J connectivity index is 2.09. The Bertz CT molecular complexity index is 832. The lowest BCUT2D eigenvalue weighted by atomic mass is 10.1. The van der Waals surface area contributed by atoms with Crippen LogP contribution in [-0.4, -0.2) is 12.0 Å². The summed E-state index contributed by atoms with van der Waals surface area (Å²) in [7, 11) is 1.94. The zero-order valence-corrected chi connectivity index (χ0v) is 11.3. The summed E-state index contributed by atoms with van der Waals surface area (Å²) in [6.45, 7) is 2.02. The normalized spacial score (nSPS) is 10.9. The van der Waals surface area contributed by atoms with Crippen LogP contribution in [0.1, 0.15) is 5.56 Å². The summed E-state index contributed by atoms with van der Waals surface area (Å²) in [4.78, 5) is 15.8. The van der Waals surface area contributed by atoms with Crippen molar-refractivity contribution >= 4 is 28.2 Å². The third kappa shape index (κ3) is 2.03. The molecule has 20 heavy (non-hydrogen) atoms. The van der Waals surface area contributed by atoms with Crippen molar-refractivity contribution in [1.82, 2.24) is 4.98 Å². The largest absolute Gasteiger partial charge is 0.417 e. The van der Waals surface area contributed by atoms with Crippen molar-refractivity contribution in [1.29, 1.82) is 0 Å². The van der Waals surface area contributed by atoms with E-state index >= 15 is 0 Å². The van der Waals surface area contributed by atoms with Gasteiger partial charge in [0.2, 0.25) is 0 Å². The Morgan fingerprint density at radius 2 is 2.00 bits per heavy atom. The number of aryl methyl sites for hydroxylation is 1. The number of nitrogens with zero attached hydrogens (tertiary/aromatic N) is 1. The fourth-order valence-corrected chi connectivity index (χ4v) is 2.23. The van der Waals surface area contributed by atoms with Crippen LogP contribution >= 0.6 is 0 Å². The molecular formula is C15H15N3O2. The van der Waals surface area contributed by atoms with Crippen LogP contribution in [-0.2, 0) is 0 Å². The second-order valence-corrected chi connectivity index (χ2v) is 4.82. The molecule has 1 heterocycles. The fraction of sp³-hybridized carbons (Fsp3) is 0.133. The Kier molecular flexibility index (Phi) is 2.75. The van der Waals surface area contributed by atoms with Crippen molar-refractivity contribution in [3.05, 3.63) is 52.5 Å². The molecule has 0 radical (unpaired) electrons. The van der Waals surface area contributed by atoms with Gasteiger partial charge in [-0.2, -0.15) is 0 Å². The number of rotatable bonds is 2. The van der Waals surface area contributed by atoms with Gasteiger partial charge in [0.15, 0.2) is 5.58 Å². The molecule has 0 amide bonds. The number of H-pyrrole nitrogens is 1. The predicted molar refractivity (Wildman–Crippen MR) is 80.5 cm³/mol. The molecule has 3 aromatic rings. The number of fused-ring (bicyclic) bond motifs is 1. The molecule has 0 spiro atoms. The first-order valence-electron chi connectivity index (χ1n) is 6.27. The number of aromatic nitrogens is 1. The van der Waals surface area contributed by atoms with Crippen LogP contribution in [0.3, 0.4) is 0 Å². The second kappa shape index (κ2) is 4.45. The van der Waals surface area contributed by atoms with Gasteiger partial charge in [-0.05, 0) is 42.8 Å². The van der Waals surface area contributed by atoms with Gasteiger partial charge in [0, 0.05) is 12.7 Å². The van der Waals surface area contributed by atoms with Gasteiger partial charge < -0.3 is 15.1 Å². The van der Waals surface area contributed by atoms with Gasteiger partial charge in [0.05, 0.1) is 16.9 Å². The lowest BCUT2D eigenvalue weighted by molar-refractivity contribution is 0.555. The van der Waals surface area contributed by atoms with Crippen LogP contribution in [0.25, 0.3) is 11.1 Å². The van der Waals surface area contributed by atoms with Gasteiger partial charge in [0.1, 0.15) is 0 Å². The summed E-state index contributed by atoms with van der Waals surface area (Å²) in [5.41, 5.74) is 10.9. The predicted octanol–water partition coefficient (Wildman–Crippen LogP) is 2.78. The average molecular weight is 269 g/mol. The highest BCUT2D eigenvalue weighted by atomic mass is 16.4. The van der Waals surface area contributed by atoms with Gasteiger partial charge in [-0.1, -0.05) is 6.07 Å². The second-order valence-electron chi connectivity index (χ2n) is 4.82.